The van der Waals surface area contributed by atoms with Crippen LogP contribution < -0.4 is 0 Å². The van der Waals surface area contributed by atoms with Crippen molar-refractivity contribution < 1.29 is 0 Å². The second kappa shape index (κ2) is 6.34. The largest absolute Gasteiger partial charge is 0.337 e. The summed E-state index contributed by atoms with van der Waals surface area (Å²) in [7, 11) is 0. The molecular formula is C21H15ClN2. The molecule has 3 heteroatoms. The second-order valence-electron chi connectivity index (χ2n) is 5.55. The van der Waals surface area contributed by atoms with Crippen LogP contribution in [0.4, 0.5) is 0 Å². The maximum Gasteiger partial charge on any atom is 0.138 e. The lowest BCUT2D eigenvalue weighted by molar-refractivity contribution is 1.31. The van der Waals surface area contributed by atoms with Crippen molar-refractivity contribution >= 4 is 11.6 Å². The van der Waals surface area contributed by atoms with Crippen molar-refractivity contribution in [3.63, 3.8) is 0 Å². The molecule has 4 rings (SSSR count). The number of nitrogens with zero attached hydrogens (tertiary/aromatic N) is 1. The van der Waals surface area contributed by atoms with Gasteiger partial charge in [-0.3, -0.25) is 0 Å². The van der Waals surface area contributed by atoms with E-state index in [0.29, 0.717) is 0 Å². The van der Waals surface area contributed by atoms with Crippen molar-refractivity contribution in [3.8, 4) is 33.9 Å². The molecule has 2 nitrogen and oxygen atoms in total. The third kappa shape index (κ3) is 2.84. The summed E-state index contributed by atoms with van der Waals surface area (Å²) in [6, 6.07) is 28.2. The smallest absolute Gasteiger partial charge is 0.138 e. The number of hydrogen-bond acceptors (Lipinski definition) is 1. The molecular weight excluding hydrogens is 316 g/mol. The van der Waals surface area contributed by atoms with Crippen molar-refractivity contribution in [3.05, 3.63) is 90.0 Å². The van der Waals surface area contributed by atoms with Crippen LogP contribution in [-0.4, -0.2) is 9.97 Å². The van der Waals surface area contributed by atoms with E-state index in [9.17, 15) is 0 Å². The molecule has 1 heterocycles. The Morgan fingerprint density at radius 2 is 1.21 bits per heavy atom. The minimum absolute atomic E-state index is 0.725. The first-order valence-corrected chi connectivity index (χ1v) is 8.16. The van der Waals surface area contributed by atoms with E-state index in [1.54, 1.807) is 0 Å². The first kappa shape index (κ1) is 14.7. The molecule has 0 aliphatic carbocycles. The van der Waals surface area contributed by atoms with Gasteiger partial charge >= 0.3 is 0 Å². The number of aromatic nitrogens is 2. The van der Waals surface area contributed by atoms with Gasteiger partial charge in [-0.1, -0.05) is 84.4 Å². The Labute approximate surface area is 145 Å². The van der Waals surface area contributed by atoms with Gasteiger partial charge in [-0.15, -0.1) is 0 Å². The van der Waals surface area contributed by atoms with E-state index in [4.69, 9.17) is 16.6 Å². The van der Waals surface area contributed by atoms with E-state index in [-0.39, 0.29) is 0 Å². The predicted molar refractivity (Wildman–Crippen MR) is 99.9 cm³/mol. The highest BCUT2D eigenvalue weighted by Gasteiger charge is 2.14. The third-order valence-electron chi connectivity index (χ3n) is 3.93. The Bertz CT molecular complexity index is 942. The van der Waals surface area contributed by atoms with Crippen LogP contribution >= 0.6 is 11.6 Å². The number of halogens is 1. The summed E-state index contributed by atoms with van der Waals surface area (Å²) in [6.07, 6.45) is 0. The van der Waals surface area contributed by atoms with E-state index < -0.39 is 0 Å². The summed E-state index contributed by atoms with van der Waals surface area (Å²) in [4.78, 5) is 8.34. The Morgan fingerprint density at radius 1 is 0.625 bits per heavy atom. The molecule has 0 fully saturated rings. The lowest BCUT2D eigenvalue weighted by Gasteiger charge is -2.03. The molecule has 0 radical (unpaired) electrons. The van der Waals surface area contributed by atoms with Gasteiger partial charge < -0.3 is 4.98 Å². The van der Waals surface area contributed by atoms with Gasteiger partial charge in [-0.05, 0) is 12.1 Å². The van der Waals surface area contributed by atoms with Crippen molar-refractivity contribution in [1.29, 1.82) is 0 Å². The van der Waals surface area contributed by atoms with E-state index in [1.807, 2.05) is 60.7 Å². The van der Waals surface area contributed by atoms with E-state index in [2.05, 4.69) is 29.2 Å². The van der Waals surface area contributed by atoms with Crippen molar-refractivity contribution in [2.24, 2.45) is 0 Å². The molecule has 0 amide bonds. The molecule has 3 aromatic carbocycles. The lowest BCUT2D eigenvalue weighted by Crippen LogP contribution is -1.83. The first-order chi connectivity index (χ1) is 11.8. The summed E-state index contributed by atoms with van der Waals surface area (Å²) in [5, 5.41) is 0.725. The Kier molecular flexibility index (Phi) is 3.89. The molecule has 4 aromatic rings. The quantitative estimate of drug-likeness (QED) is 0.485. The van der Waals surface area contributed by atoms with Gasteiger partial charge in [0, 0.05) is 21.7 Å². The fraction of sp³-hybridized carbons (Fsp3) is 0. The number of imidazole rings is 1. The lowest BCUT2D eigenvalue weighted by atomic mass is 10.1. The molecule has 24 heavy (non-hydrogen) atoms. The van der Waals surface area contributed by atoms with Gasteiger partial charge in [-0.25, -0.2) is 4.98 Å². The number of aromatic amines is 1. The summed E-state index contributed by atoms with van der Waals surface area (Å²) in [6.45, 7) is 0. The van der Waals surface area contributed by atoms with Crippen LogP contribution in [0.15, 0.2) is 84.9 Å². The van der Waals surface area contributed by atoms with Crippen molar-refractivity contribution in [1.82, 2.24) is 9.97 Å². The fourth-order valence-electron chi connectivity index (χ4n) is 2.74. The maximum atomic E-state index is 6.03. The van der Waals surface area contributed by atoms with E-state index in [0.717, 1.165) is 38.9 Å². The van der Waals surface area contributed by atoms with Gasteiger partial charge in [0.25, 0.3) is 0 Å². The molecule has 1 N–H and O–H groups in total. The van der Waals surface area contributed by atoms with Crippen LogP contribution in [0, 0.1) is 0 Å². The average molecular weight is 331 g/mol. The first-order valence-electron chi connectivity index (χ1n) is 7.78. The molecule has 0 saturated carbocycles. The second-order valence-corrected chi connectivity index (χ2v) is 5.98. The van der Waals surface area contributed by atoms with Crippen LogP contribution in [0.25, 0.3) is 33.9 Å². The molecule has 0 unspecified atom stereocenters. The minimum atomic E-state index is 0.725. The number of hydrogen-bond donors (Lipinski definition) is 1. The molecule has 116 valence electrons. The van der Waals surface area contributed by atoms with Gasteiger partial charge in [0.05, 0.1) is 11.4 Å². The highest BCUT2D eigenvalue weighted by molar-refractivity contribution is 6.30. The Balaban J connectivity index is 1.90. The summed E-state index contributed by atoms with van der Waals surface area (Å²) in [5.41, 5.74) is 5.15. The minimum Gasteiger partial charge on any atom is -0.337 e. The SMILES string of the molecule is Clc1ccc(-c2[nH]c(-c3ccccc3)nc2-c2ccccc2)cc1. The number of H-pyrrole nitrogens is 1. The van der Waals surface area contributed by atoms with Gasteiger partial charge in [0.15, 0.2) is 0 Å². The summed E-state index contributed by atoms with van der Waals surface area (Å²) < 4.78 is 0. The van der Waals surface area contributed by atoms with Crippen LogP contribution in [0.1, 0.15) is 0 Å². The molecule has 0 spiro atoms. The van der Waals surface area contributed by atoms with E-state index >= 15 is 0 Å². The summed E-state index contributed by atoms with van der Waals surface area (Å²) in [5.74, 6) is 0.861. The summed E-state index contributed by atoms with van der Waals surface area (Å²) >= 11 is 6.03. The van der Waals surface area contributed by atoms with Crippen LogP contribution in [0.5, 0.6) is 0 Å². The molecule has 0 aliphatic heterocycles. The number of rotatable bonds is 3. The molecule has 0 aliphatic rings. The zero-order valence-corrected chi connectivity index (χ0v) is 13.7. The Morgan fingerprint density at radius 3 is 1.83 bits per heavy atom. The van der Waals surface area contributed by atoms with Crippen LogP contribution in [-0.2, 0) is 0 Å². The number of benzene rings is 3. The zero-order valence-electron chi connectivity index (χ0n) is 12.9. The highest BCUT2D eigenvalue weighted by Crippen LogP contribution is 2.33. The highest BCUT2D eigenvalue weighted by atomic mass is 35.5. The zero-order chi connectivity index (χ0) is 16.4. The molecule has 0 bridgehead atoms. The van der Waals surface area contributed by atoms with Gasteiger partial charge in [-0.2, -0.15) is 0 Å². The standard InChI is InChI=1S/C21H15ClN2/c22-18-13-11-16(12-14-18)20-19(15-7-3-1-4-8-15)23-21(24-20)17-9-5-2-6-10-17/h1-14H,(H,23,24). The average Bonchev–Trinajstić information content (AvgIpc) is 3.09. The van der Waals surface area contributed by atoms with Crippen LogP contribution in [0.2, 0.25) is 5.02 Å². The van der Waals surface area contributed by atoms with Gasteiger partial charge in [0.1, 0.15) is 5.82 Å². The normalized spacial score (nSPS) is 10.7. The molecule has 1 aromatic heterocycles. The third-order valence-corrected chi connectivity index (χ3v) is 4.18. The monoisotopic (exact) mass is 330 g/mol. The van der Waals surface area contributed by atoms with Crippen molar-refractivity contribution in [2.45, 2.75) is 0 Å². The fourth-order valence-corrected chi connectivity index (χ4v) is 2.86. The van der Waals surface area contributed by atoms with Crippen molar-refractivity contribution in [2.75, 3.05) is 0 Å². The number of nitrogens with one attached hydrogen (secondary N) is 1. The maximum absolute atomic E-state index is 6.03. The van der Waals surface area contributed by atoms with E-state index in [1.165, 1.54) is 0 Å². The van der Waals surface area contributed by atoms with Gasteiger partial charge in [0.2, 0.25) is 0 Å². The topological polar surface area (TPSA) is 28.7 Å². The molecule has 0 atom stereocenters. The Hall–Kier alpha value is -2.84. The molecule has 0 saturated heterocycles. The predicted octanol–water partition coefficient (Wildman–Crippen LogP) is 6.06. The van der Waals surface area contributed by atoms with Crippen LogP contribution in [0.3, 0.4) is 0 Å².